The van der Waals surface area contributed by atoms with Crippen LogP contribution in [0, 0.1) is 0 Å². The van der Waals surface area contributed by atoms with E-state index in [-0.39, 0.29) is 19.4 Å². The molecule has 0 aliphatic carbocycles. The number of carbonyl (C=O) groups is 1. The largest absolute Gasteiger partial charge is 0.350 e. The van der Waals surface area contributed by atoms with E-state index in [1.165, 1.54) is 6.08 Å². The van der Waals surface area contributed by atoms with Gasteiger partial charge in [0.15, 0.2) is 15.5 Å². The normalized spacial score (nSPS) is 20.4. The number of amides is 1. The lowest BCUT2D eigenvalue weighted by molar-refractivity contribution is -0.134. The molecular formula is C10H17FN2O3S. The molecule has 1 aliphatic heterocycles. The summed E-state index contributed by atoms with van der Waals surface area (Å²) in [5, 5.41) is 6.33. The van der Waals surface area contributed by atoms with Gasteiger partial charge >= 0.3 is 0 Å². The molecule has 1 aliphatic rings. The predicted molar refractivity (Wildman–Crippen MR) is 62.9 cm³/mol. The van der Waals surface area contributed by atoms with Crippen molar-refractivity contribution in [3.8, 4) is 0 Å². The zero-order valence-corrected chi connectivity index (χ0v) is 10.5. The molecule has 0 unspecified atom stereocenters. The molecule has 5 nitrogen and oxygen atoms in total. The third-order valence-electron chi connectivity index (χ3n) is 2.53. The molecule has 98 valence electrons. The zero-order chi connectivity index (χ0) is 12.9. The smallest absolute Gasteiger partial charge is 0.258 e. The van der Waals surface area contributed by atoms with Gasteiger partial charge in [-0.25, -0.2) is 12.8 Å². The van der Waals surface area contributed by atoms with E-state index in [0.717, 1.165) is 11.7 Å². The third-order valence-corrected chi connectivity index (χ3v) is 3.21. The molecular weight excluding hydrogens is 247 g/mol. The van der Waals surface area contributed by atoms with Crippen molar-refractivity contribution in [2.75, 3.05) is 25.9 Å². The summed E-state index contributed by atoms with van der Waals surface area (Å²) in [6.45, 7) is 0.969. The monoisotopic (exact) mass is 264 g/mol. The molecule has 1 rings (SSSR count). The fourth-order valence-electron chi connectivity index (χ4n) is 1.58. The fraction of sp³-hybridized carbons (Fsp3) is 0.700. The maximum atomic E-state index is 14.0. The molecule has 0 atom stereocenters. The van der Waals surface area contributed by atoms with Crippen LogP contribution in [0.3, 0.4) is 0 Å². The highest BCUT2D eigenvalue weighted by molar-refractivity contribution is 7.93. The van der Waals surface area contributed by atoms with E-state index in [1.54, 1.807) is 0 Å². The van der Waals surface area contributed by atoms with Crippen molar-refractivity contribution in [3.63, 3.8) is 0 Å². The minimum atomic E-state index is -3.20. The van der Waals surface area contributed by atoms with E-state index in [2.05, 4.69) is 10.6 Å². The van der Waals surface area contributed by atoms with Crippen LogP contribution in [0.1, 0.15) is 12.8 Å². The van der Waals surface area contributed by atoms with Crippen molar-refractivity contribution < 1.29 is 17.6 Å². The lowest BCUT2D eigenvalue weighted by atomic mass is 9.93. The van der Waals surface area contributed by atoms with Gasteiger partial charge in [-0.2, -0.15) is 0 Å². The van der Waals surface area contributed by atoms with Gasteiger partial charge in [-0.05, 0) is 13.1 Å². The van der Waals surface area contributed by atoms with Crippen molar-refractivity contribution in [2.24, 2.45) is 0 Å². The summed E-state index contributed by atoms with van der Waals surface area (Å²) < 4.78 is 35.6. The Kier molecular flexibility index (Phi) is 4.64. The number of alkyl halides is 1. The van der Waals surface area contributed by atoms with Crippen molar-refractivity contribution in [1.29, 1.82) is 0 Å². The van der Waals surface area contributed by atoms with Crippen molar-refractivity contribution in [1.82, 2.24) is 10.6 Å². The summed E-state index contributed by atoms with van der Waals surface area (Å²) in [6, 6.07) is 0. The number of carbonyl (C=O) groups excluding carboxylic acids is 1. The fourth-order valence-corrected chi connectivity index (χ4v) is 2.03. The van der Waals surface area contributed by atoms with Gasteiger partial charge in [0, 0.05) is 31.1 Å². The summed E-state index contributed by atoms with van der Waals surface area (Å²) in [7, 11) is -3.20. The minimum absolute atomic E-state index is 0.0189. The molecule has 0 aromatic rings. The summed E-state index contributed by atoms with van der Waals surface area (Å²) in [5.41, 5.74) is -1.83. The van der Waals surface area contributed by atoms with Crippen LogP contribution in [0.2, 0.25) is 0 Å². The van der Waals surface area contributed by atoms with Crippen LogP contribution >= 0.6 is 0 Å². The number of hydrogen-bond donors (Lipinski definition) is 2. The Balaban J connectivity index is 2.41. The second kappa shape index (κ2) is 5.59. The van der Waals surface area contributed by atoms with Crippen LogP contribution in [0.5, 0.6) is 0 Å². The summed E-state index contributed by atoms with van der Waals surface area (Å²) >= 11 is 0. The highest BCUT2D eigenvalue weighted by atomic mass is 32.2. The average Bonchev–Trinajstić information content (AvgIpc) is 2.24. The first-order chi connectivity index (χ1) is 7.83. The van der Waals surface area contributed by atoms with Crippen molar-refractivity contribution in [2.45, 2.75) is 18.5 Å². The van der Waals surface area contributed by atoms with E-state index < -0.39 is 21.4 Å². The maximum absolute atomic E-state index is 14.0. The van der Waals surface area contributed by atoms with Gasteiger partial charge in [-0.15, -0.1) is 0 Å². The minimum Gasteiger partial charge on any atom is -0.350 e. The Morgan fingerprint density at radius 1 is 1.47 bits per heavy atom. The molecule has 0 aromatic heterocycles. The predicted octanol–water partition coefficient (Wildman–Crippen LogP) is -0.247. The number of nitrogens with one attached hydrogen (secondary N) is 2. The highest BCUT2D eigenvalue weighted by Crippen LogP contribution is 2.23. The van der Waals surface area contributed by atoms with E-state index in [1.807, 2.05) is 0 Å². The molecule has 1 amide bonds. The molecule has 2 N–H and O–H groups in total. The topological polar surface area (TPSA) is 75.3 Å². The second-order valence-corrected chi connectivity index (χ2v) is 6.06. The van der Waals surface area contributed by atoms with Crippen LogP contribution < -0.4 is 10.6 Å². The number of sulfone groups is 1. The van der Waals surface area contributed by atoms with Crippen LogP contribution in [-0.4, -0.2) is 45.9 Å². The van der Waals surface area contributed by atoms with Crippen LogP contribution in [0.15, 0.2) is 11.5 Å². The van der Waals surface area contributed by atoms with Crippen molar-refractivity contribution in [3.05, 3.63) is 11.5 Å². The zero-order valence-electron chi connectivity index (χ0n) is 9.70. The van der Waals surface area contributed by atoms with Gasteiger partial charge in [-0.3, -0.25) is 4.79 Å². The standard InChI is InChI=1S/C10H17FN2O3S/c1-17(15,16)8-2-5-13-9(14)10(11)3-6-12-7-4-10/h2,8,12H,3-7H2,1H3,(H,13,14). The Morgan fingerprint density at radius 3 is 2.59 bits per heavy atom. The summed E-state index contributed by atoms with van der Waals surface area (Å²) in [4.78, 5) is 11.5. The first-order valence-corrected chi connectivity index (χ1v) is 7.33. The quantitative estimate of drug-likeness (QED) is 0.734. The van der Waals surface area contributed by atoms with Crippen LogP contribution in [-0.2, 0) is 14.6 Å². The molecule has 0 bridgehead atoms. The number of rotatable bonds is 4. The summed E-state index contributed by atoms with van der Waals surface area (Å²) in [6.07, 6.45) is 2.63. The molecule has 1 saturated heterocycles. The summed E-state index contributed by atoms with van der Waals surface area (Å²) in [5.74, 6) is -0.669. The average molecular weight is 264 g/mol. The van der Waals surface area contributed by atoms with E-state index in [4.69, 9.17) is 0 Å². The molecule has 0 radical (unpaired) electrons. The van der Waals surface area contributed by atoms with Crippen molar-refractivity contribution >= 4 is 15.7 Å². The Bertz CT molecular complexity index is 400. The van der Waals surface area contributed by atoms with Gasteiger partial charge in [0.05, 0.1) is 0 Å². The second-order valence-electron chi connectivity index (χ2n) is 4.13. The van der Waals surface area contributed by atoms with Gasteiger partial charge in [0.2, 0.25) is 0 Å². The van der Waals surface area contributed by atoms with Gasteiger partial charge < -0.3 is 10.6 Å². The Labute approximate surface area is 100 Å². The van der Waals surface area contributed by atoms with Gasteiger partial charge in [0.1, 0.15) is 0 Å². The van der Waals surface area contributed by atoms with Gasteiger partial charge in [0.25, 0.3) is 5.91 Å². The SMILES string of the molecule is CS(=O)(=O)C=CCNC(=O)C1(F)CCNCC1. The molecule has 7 heteroatoms. The third kappa shape index (κ3) is 4.82. The molecule has 17 heavy (non-hydrogen) atoms. The Morgan fingerprint density at radius 2 is 2.06 bits per heavy atom. The van der Waals surface area contributed by atoms with Crippen LogP contribution in [0.25, 0.3) is 0 Å². The van der Waals surface area contributed by atoms with E-state index in [9.17, 15) is 17.6 Å². The number of halogens is 1. The maximum Gasteiger partial charge on any atom is 0.258 e. The Hall–Kier alpha value is -0.950. The first-order valence-electron chi connectivity index (χ1n) is 5.38. The number of hydrogen-bond acceptors (Lipinski definition) is 4. The van der Waals surface area contributed by atoms with E-state index >= 15 is 0 Å². The lowest BCUT2D eigenvalue weighted by Gasteiger charge is -2.28. The van der Waals surface area contributed by atoms with Crippen LogP contribution in [0.4, 0.5) is 4.39 Å². The molecule has 0 spiro atoms. The highest BCUT2D eigenvalue weighted by Gasteiger charge is 2.39. The van der Waals surface area contributed by atoms with E-state index in [0.29, 0.717) is 13.1 Å². The lowest BCUT2D eigenvalue weighted by Crippen LogP contribution is -2.49. The molecule has 1 heterocycles. The first kappa shape index (κ1) is 14.1. The molecule has 0 saturated carbocycles. The molecule has 0 aromatic carbocycles. The number of piperidine rings is 1. The molecule has 1 fully saturated rings. The van der Waals surface area contributed by atoms with Gasteiger partial charge in [-0.1, -0.05) is 6.08 Å².